The third kappa shape index (κ3) is 3.52. The van der Waals surface area contributed by atoms with Crippen molar-refractivity contribution >= 4 is 22.5 Å². The van der Waals surface area contributed by atoms with E-state index in [1.165, 1.54) is 5.56 Å². The molecular formula is C23H20O3. The first-order valence-electron chi connectivity index (χ1n) is 9.02. The summed E-state index contributed by atoms with van der Waals surface area (Å²) in [5.41, 5.74) is 1.75. The van der Waals surface area contributed by atoms with E-state index in [-0.39, 0.29) is 5.97 Å². The van der Waals surface area contributed by atoms with E-state index < -0.39 is 0 Å². The summed E-state index contributed by atoms with van der Waals surface area (Å²) in [5.74, 6) is 0.977. The average Bonchev–Trinajstić information content (AvgIpc) is 2.69. The van der Waals surface area contributed by atoms with Crippen LogP contribution in [0.25, 0.3) is 10.8 Å². The minimum atomic E-state index is -0.355. The summed E-state index contributed by atoms with van der Waals surface area (Å²) in [6, 6.07) is 21.2. The first-order chi connectivity index (χ1) is 12.7. The van der Waals surface area contributed by atoms with Gasteiger partial charge in [-0.15, -0.1) is 0 Å². The monoisotopic (exact) mass is 344 g/mol. The number of carbonyl (C=O) groups is 2. The number of ketones is 1. The first-order valence-corrected chi connectivity index (χ1v) is 9.02. The third-order valence-corrected chi connectivity index (χ3v) is 5.09. The Labute approximate surface area is 152 Å². The van der Waals surface area contributed by atoms with Crippen LogP contribution >= 0.6 is 0 Å². The average molecular weight is 344 g/mol. The lowest BCUT2D eigenvalue weighted by atomic mass is 9.83. The fourth-order valence-electron chi connectivity index (χ4n) is 3.56. The van der Waals surface area contributed by atoms with Gasteiger partial charge in [-0.1, -0.05) is 42.5 Å². The summed E-state index contributed by atoms with van der Waals surface area (Å²) in [5, 5.41) is 2.11. The smallest absolute Gasteiger partial charge is 0.343 e. The Hall–Kier alpha value is -2.94. The zero-order chi connectivity index (χ0) is 17.9. The standard InChI is InChI=1S/C23H20O3/c24-21-11-7-17(8-12-21)18-9-13-22(14-10-18)26-23(25)20-6-5-16-3-1-2-4-19(16)15-20/h1-6,9-10,13-15,17H,7-8,11-12H2. The molecule has 0 spiro atoms. The van der Waals surface area contributed by atoms with Gasteiger partial charge in [0.25, 0.3) is 0 Å². The zero-order valence-corrected chi connectivity index (χ0v) is 14.5. The third-order valence-electron chi connectivity index (χ3n) is 5.09. The molecule has 26 heavy (non-hydrogen) atoms. The lowest BCUT2D eigenvalue weighted by Crippen LogP contribution is -2.12. The minimum Gasteiger partial charge on any atom is -0.423 e. The second-order valence-electron chi connectivity index (χ2n) is 6.83. The van der Waals surface area contributed by atoms with Crippen LogP contribution in [-0.4, -0.2) is 11.8 Å². The van der Waals surface area contributed by atoms with Crippen LogP contribution in [0.2, 0.25) is 0 Å². The van der Waals surface area contributed by atoms with Gasteiger partial charge in [0.2, 0.25) is 0 Å². The van der Waals surface area contributed by atoms with Gasteiger partial charge in [-0.05, 0) is 59.4 Å². The fourth-order valence-corrected chi connectivity index (χ4v) is 3.56. The molecule has 0 heterocycles. The molecule has 0 unspecified atom stereocenters. The van der Waals surface area contributed by atoms with Crippen LogP contribution in [0.1, 0.15) is 47.5 Å². The lowest BCUT2D eigenvalue weighted by molar-refractivity contribution is -0.120. The fraction of sp³-hybridized carbons (Fsp3) is 0.217. The van der Waals surface area contributed by atoms with E-state index >= 15 is 0 Å². The van der Waals surface area contributed by atoms with Crippen molar-refractivity contribution in [3.8, 4) is 5.75 Å². The molecule has 0 N–H and O–H groups in total. The van der Waals surface area contributed by atoms with Crippen LogP contribution in [-0.2, 0) is 4.79 Å². The Balaban J connectivity index is 1.46. The van der Waals surface area contributed by atoms with Crippen molar-refractivity contribution in [3.05, 3.63) is 77.9 Å². The van der Waals surface area contributed by atoms with Gasteiger partial charge in [-0.3, -0.25) is 4.79 Å². The molecule has 1 saturated carbocycles. The number of hydrogen-bond donors (Lipinski definition) is 0. The first kappa shape index (κ1) is 16.5. The van der Waals surface area contributed by atoms with Crippen molar-refractivity contribution in [2.45, 2.75) is 31.6 Å². The molecule has 0 aliphatic heterocycles. The molecule has 0 amide bonds. The highest BCUT2D eigenvalue weighted by molar-refractivity contribution is 5.96. The summed E-state index contributed by atoms with van der Waals surface area (Å²) in [4.78, 5) is 23.8. The SMILES string of the molecule is O=C1CCC(c2ccc(OC(=O)c3ccc4ccccc4c3)cc2)CC1. The van der Waals surface area contributed by atoms with E-state index in [9.17, 15) is 9.59 Å². The molecule has 3 aromatic carbocycles. The molecule has 3 aromatic rings. The Morgan fingerprint density at radius 1 is 0.846 bits per heavy atom. The molecular weight excluding hydrogens is 324 g/mol. The van der Waals surface area contributed by atoms with Crippen molar-refractivity contribution in [2.75, 3.05) is 0 Å². The van der Waals surface area contributed by atoms with Crippen LogP contribution in [0.3, 0.4) is 0 Å². The number of fused-ring (bicyclic) bond motifs is 1. The molecule has 130 valence electrons. The van der Waals surface area contributed by atoms with Crippen LogP contribution in [0.15, 0.2) is 66.7 Å². The summed E-state index contributed by atoms with van der Waals surface area (Å²) in [6.07, 6.45) is 3.16. The second kappa shape index (κ2) is 7.12. The molecule has 0 atom stereocenters. The van der Waals surface area contributed by atoms with E-state index in [1.807, 2.05) is 60.7 Å². The normalized spacial score (nSPS) is 15.2. The zero-order valence-electron chi connectivity index (χ0n) is 14.5. The molecule has 4 rings (SSSR count). The Morgan fingerprint density at radius 3 is 2.27 bits per heavy atom. The maximum atomic E-state index is 12.4. The topological polar surface area (TPSA) is 43.4 Å². The van der Waals surface area contributed by atoms with Crippen molar-refractivity contribution in [3.63, 3.8) is 0 Å². The maximum Gasteiger partial charge on any atom is 0.343 e. The highest BCUT2D eigenvalue weighted by Gasteiger charge is 2.20. The van der Waals surface area contributed by atoms with Crippen LogP contribution < -0.4 is 4.74 Å². The van der Waals surface area contributed by atoms with E-state index in [4.69, 9.17) is 4.74 Å². The van der Waals surface area contributed by atoms with E-state index in [0.717, 1.165) is 23.6 Å². The lowest BCUT2D eigenvalue weighted by Gasteiger charge is -2.21. The minimum absolute atomic E-state index is 0.355. The molecule has 0 radical (unpaired) electrons. The van der Waals surface area contributed by atoms with Crippen LogP contribution in [0.5, 0.6) is 5.75 Å². The highest BCUT2D eigenvalue weighted by atomic mass is 16.5. The molecule has 3 nitrogen and oxygen atoms in total. The van der Waals surface area contributed by atoms with Gasteiger partial charge in [0.05, 0.1) is 5.56 Å². The maximum absolute atomic E-state index is 12.4. The predicted molar refractivity (Wildman–Crippen MR) is 102 cm³/mol. The Kier molecular flexibility index (Phi) is 4.53. The van der Waals surface area contributed by atoms with Crippen molar-refractivity contribution in [2.24, 2.45) is 0 Å². The van der Waals surface area contributed by atoms with Gasteiger partial charge < -0.3 is 4.74 Å². The number of hydrogen-bond acceptors (Lipinski definition) is 3. The number of ether oxygens (including phenoxy) is 1. The molecule has 0 aromatic heterocycles. The molecule has 1 fully saturated rings. The molecule has 1 aliphatic rings. The summed E-state index contributed by atoms with van der Waals surface area (Å²) in [7, 11) is 0. The Morgan fingerprint density at radius 2 is 1.54 bits per heavy atom. The van der Waals surface area contributed by atoms with Crippen molar-refractivity contribution in [1.29, 1.82) is 0 Å². The summed E-state index contributed by atoms with van der Waals surface area (Å²) < 4.78 is 5.52. The van der Waals surface area contributed by atoms with Gasteiger partial charge in [0.1, 0.15) is 11.5 Å². The molecule has 0 saturated heterocycles. The Bertz CT molecular complexity index is 947. The molecule has 3 heteroatoms. The quantitative estimate of drug-likeness (QED) is 0.479. The van der Waals surface area contributed by atoms with Crippen molar-refractivity contribution in [1.82, 2.24) is 0 Å². The van der Waals surface area contributed by atoms with Gasteiger partial charge >= 0.3 is 5.97 Å². The second-order valence-corrected chi connectivity index (χ2v) is 6.83. The number of Topliss-reactive ketones (excluding diaryl/α,β-unsaturated/α-hetero) is 1. The highest BCUT2D eigenvalue weighted by Crippen LogP contribution is 2.32. The molecule has 1 aliphatic carbocycles. The number of esters is 1. The summed E-state index contributed by atoms with van der Waals surface area (Å²) in [6.45, 7) is 0. The number of rotatable bonds is 3. The van der Waals surface area contributed by atoms with E-state index in [0.29, 0.717) is 35.9 Å². The van der Waals surface area contributed by atoms with Crippen LogP contribution in [0, 0.1) is 0 Å². The van der Waals surface area contributed by atoms with E-state index in [1.54, 1.807) is 6.07 Å². The predicted octanol–water partition coefficient (Wildman–Crippen LogP) is 5.29. The van der Waals surface area contributed by atoms with Crippen molar-refractivity contribution < 1.29 is 14.3 Å². The van der Waals surface area contributed by atoms with Gasteiger partial charge in [-0.2, -0.15) is 0 Å². The van der Waals surface area contributed by atoms with E-state index in [2.05, 4.69) is 0 Å². The number of carbonyl (C=O) groups excluding carboxylic acids is 2. The van der Waals surface area contributed by atoms with Gasteiger partial charge in [0, 0.05) is 12.8 Å². The summed E-state index contributed by atoms with van der Waals surface area (Å²) >= 11 is 0. The molecule has 0 bridgehead atoms. The van der Waals surface area contributed by atoms with Gasteiger partial charge in [0.15, 0.2) is 0 Å². The van der Waals surface area contributed by atoms with Gasteiger partial charge in [-0.25, -0.2) is 4.79 Å². The van der Waals surface area contributed by atoms with Crippen LogP contribution in [0.4, 0.5) is 0 Å². The number of benzene rings is 3. The largest absolute Gasteiger partial charge is 0.423 e.